The Hall–Kier alpha value is -2.88. The second kappa shape index (κ2) is 6.93. The van der Waals surface area contributed by atoms with Gasteiger partial charge in [0.1, 0.15) is 11.5 Å². The molecule has 1 N–H and O–H groups in total. The number of carbonyl (C=O) groups is 1. The molecule has 3 rings (SSSR count). The fourth-order valence-electron chi connectivity index (χ4n) is 3.19. The predicted molar refractivity (Wildman–Crippen MR) is 99.6 cm³/mol. The van der Waals surface area contributed by atoms with Crippen LogP contribution in [-0.2, 0) is 4.74 Å². The van der Waals surface area contributed by atoms with E-state index >= 15 is 0 Å². The summed E-state index contributed by atoms with van der Waals surface area (Å²) < 4.78 is 5.23. The van der Waals surface area contributed by atoms with E-state index in [9.17, 15) is 4.79 Å². The third-order valence-electron chi connectivity index (χ3n) is 4.14. The van der Waals surface area contributed by atoms with Crippen molar-refractivity contribution in [2.24, 2.45) is 0 Å². The molecule has 4 heteroatoms. The van der Waals surface area contributed by atoms with Crippen LogP contribution in [0.5, 0.6) is 0 Å². The molecule has 25 heavy (non-hydrogen) atoms. The lowest BCUT2D eigenvalue weighted by molar-refractivity contribution is 0.0521. The molecule has 0 radical (unpaired) electrons. The van der Waals surface area contributed by atoms with Crippen molar-refractivity contribution in [2.75, 3.05) is 6.61 Å². The number of H-pyrrole nitrogens is 1. The number of aromatic nitrogens is 2. The molecule has 1 aromatic heterocycles. The SMILES string of the molecule is CCOC(=O)c1[nH]c(-c2ccccc2)nc1-c1c(C)cc(C)cc1C. The van der Waals surface area contributed by atoms with E-state index in [1.807, 2.05) is 44.2 Å². The minimum Gasteiger partial charge on any atom is -0.461 e. The summed E-state index contributed by atoms with van der Waals surface area (Å²) in [6, 6.07) is 14.0. The zero-order valence-corrected chi connectivity index (χ0v) is 15.0. The van der Waals surface area contributed by atoms with Gasteiger partial charge in [-0.3, -0.25) is 0 Å². The second-order valence-electron chi connectivity index (χ2n) is 6.17. The molecule has 0 amide bonds. The largest absolute Gasteiger partial charge is 0.461 e. The van der Waals surface area contributed by atoms with Gasteiger partial charge >= 0.3 is 5.97 Å². The first-order valence-corrected chi connectivity index (χ1v) is 8.42. The van der Waals surface area contributed by atoms with Gasteiger partial charge in [-0.05, 0) is 38.8 Å². The van der Waals surface area contributed by atoms with Gasteiger partial charge in [-0.2, -0.15) is 0 Å². The van der Waals surface area contributed by atoms with Crippen molar-refractivity contribution in [1.82, 2.24) is 9.97 Å². The van der Waals surface area contributed by atoms with Crippen LogP contribution in [0, 0.1) is 20.8 Å². The summed E-state index contributed by atoms with van der Waals surface area (Å²) in [5.74, 6) is 0.282. The molecule has 0 fully saturated rings. The van der Waals surface area contributed by atoms with Crippen molar-refractivity contribution in [3.05, 3.63) is 64.8 Å². The molecule has 0 unspecified atom stereocenters. The summed E-state index contributed by atoms with van der Waals surface area (Å²) in [5, 5.41) is 0. The molecule has 0 saturated heterocycles. The number of nitrogens with one attached hydrogen (secondary N) is 1. The molecule has 0 bridgehead atoms. The zero-order valence-electron chi connectivity index (χ0n) is 15.0. The lowest BCUT2D eigenvalue weighted by Crippen LogP contribution is -2.07. The first-order chi connectivity index (χ1) is 12.0. The van der Waals surface area contributed by atoms with Crippen LogP contribution in [0.25, 0.3) is 22.6 Å². The second-order valence-corrected chi connectivity index (χ2v) is 6.17. The highest BCUT2D eigenvalue weighted by molar-refractivity contribution is 5.96. The van der Waals surface area contributed by atoms with E-state index in [0.717, 1.165) is 22.3 Å². The monoisotopic (exact) mass is 334 g/mol. The van der Waals surface area contributed by atoms with E-state index in [4.69, 9.17) is 9.72 Å². The highest BCUT2D eigenvalue weighted by Crippen LogP contribution is 2.32. The summed E-state index contributed by atoms with van der Waals surface area (Å²) in [6.45, 7) is 8.27. The Labute approximate surface area is 147 Å². The highest BCUT2D eigenvalue weighted by atomic mass is 16.5. The first kappa shape index (κ1) is 17.0. The molecule has 0 aliphatic heterocycles. The number of nitrogens with zero attached hydrogens (tertiary/aromatic N) is 1. The Morgan fingerprint density at radius 1 is 1.08 bits per heavy atom. The number of benzene rings is 2. The standard InChI is InChI=1S/C21H22N2O2/c1-5-25-21(24)19-18(17-14(3)11-13(2)12-15(17)4)22-20(23-19)16-9-7-6-8-10-16/h6-12H,5H2,1-4H3,(H,22,23). The number of ether oxygens (including phenoxy) is 1. The molecule has 0 spiro atoms. The lowest BCUT2D eigenvalue weighted by Gasteiger charge is -2.10. The number of hydrogen-bond acceptors (Lipinski definition) is 3. The van der Waals surface area contributed by atoms with E-state index in [1.54, 1.807) is 6.92 Å². The van der Waals surface area contributed by atoms with Crippen LogP contribution in [0.4, 0.5) is 0 Å². The predicted octanol–water partition coefficient (Wildman–Crippen LogP) is 4.85. The average Bonchev–Trinajstić information content (AvgIpc) is 3.00. The van der Waals surface area contributed by atoms with Crippen LogP contribution in [0.2, 0.25) is 0 Å². The van der Waals surface area contributed by atoms with E-state index < -0.39 is 0 Å². The number of rotatable bonds is 4. The van der Waals surface area contributed by atoms with Crippen LogP contribution in [0.1, 0.15) is 34.1 Å². The van der Waals surface area contributed by atoms with Gasteiger partial charge in [0.2, 0.25) is 0 Å². The van der Waals surface area contributed by atoms with Gasteiger partial charge < -0.3 is 9.72 Å². The van der Waals surface area contributed by atoms with Crippen molar-refractivity contribution < 1.29 is 9.53 Å². The zero-order chi connectivity index (χ0) is 18.0. The normalized spacial score (nSPS) is 10.7. The fourth-order valence-corrected chi connectivity index (χ4v) is 3.19. The van der Waals surface area contributed by atoms with Gasteiger partial charge in [0, 0.05) is 11.1 Å². The van der Waals surface area contributed by atoms with E-state index in [0.29, 0.717) is 23.8 Å². The Morgan fingerprint density at radius 2 is 1.72 bits per heavy atom. The lowest BCUT2D eigenvalue weighted by atomic mass is 9.96. The van der Waals surface area contributed by atoms with Gasteiger partial charge in [0.05, 0.1) is 6.61 Å². The fraction of sp³-hybridized carbons (Fsp3) is 0.238. The quantitative estimate of drug-likeness (QED) is 0.694. The van der Waals surface area contributed by atoms with Crippen molar-refractivity contribution in [3.63, 3.8) is 0 Å². The molecule has 0 aliphatic rings. The van der Waals surface area contributed by atoms with E-state index in [2.05, 4.69) is 24.0 Å². The number of aromatic amines is 1. The maximum absolute atomic E-state index is 12.5. The highest BCUT2D eigenvalue weighted by Gasteiger charge is 2.23. The third-order valence-corrected chi connectivity index (χ3v) is 4.14. The Morgan fingerprint density at radius 3 is 2.32 bits per heavy atom. The number of carbonyl (C=O) groups excluding carboxylic acids is 1. The molecule has 0 aliphatic carbocycles. The molecule has 0 atom stereocenters. The van der Waals surface area contributed by atoms with E-state index in [1.165, 1.54) is 5.56 Å². The number of hydrogen-bond donors (Lipinski definition) is 1. The molecule has 128 valence electrons. The van der Waals surface area contributed by atoms with Crippen LogP contribution >= 0.6 is 0 Å². The van der Waals surface area contributed by atoms with Crippen LogP contribution in [0.3, 0.4) is 0 Å². The average molecular weight is 334 g/mol. The molecule has 0 saturated carbocycles. The van der Waals surface area contributed by atoms with Crippen LogP contribution in [0.15, 0.2) is 42.5 Å². The minimum atomic E-state index is -0.383. The summed E-state index contributed by atoms with van der Waals surface area (Å²) in [4.78, 5) is 20.4. The topological polar surface area (TPSA) is 55.0 Å². The molecule has 4 nitrogen and oxygen atoms in total. The third kappa shape index (κ3) is 3.33. The minimum absolute atomic E-state index is 0.323. The summed E-state index contributed by atoms with van der Waals surface area (Å²) >= 11 is 0. The summed E-state index contributed by atoms with van der Waals surface area (Å²) in [5.41, 5.74) is 6.33. The maximum Gasteiger partial charge on any atom is 0.357 e. The van der Waals surface area contributed by atoms with Crippen molar-refractivity contribution in [1.29, 1.82) is 0 Å². The Kier molecular flexibility index (Phi) is 4.70. The number of esters is 1. The van der Waals surface area contributed by atoms with Gasteiger partial charge in [-0.25, -0.2) is 9.78 Å². The smallest absolute Gasteiger partial charge is 0.357 e. The Bertz CT molecular complexity index is 888. The number of aryl methyl sites for hydroxylation is 3. The van der Waals surface area contributed by atoms with E-state index in [-0.39, 0.29) is 5.97 Å². The molecular formula is C21H22N2O2. The summed E-state index contributed by atoms with van der Waals surface area (Å²) in [7, 11) is 0. The summed E-state index contributed by atoms with van der Waals surface area (Å²) in [6.07, 6.45) is 0. The van der Waals surface area contributed by atoms with Crippen LogP contribution in [-0.4, -0.2) is 22.5 Å². The molecular weight excluding hydrogens is 312 g/mol. The molecule has 3 aromatic rings. The van der Waals surface area contributed by atoms with Crippen molar-refractivity contribution in [2.45, 2.75) is 27.7 Å². The molecule has 2 aromatic carbocycles. The van der Waals surface area contributed by atoms with Gasteiger partial charge in [-0.15, -0.1) is 0 Å². The van der Waals surface area contributed by atoms with Gasteiger partial charge in [0.25, 0.3) is 0 Å². The van der Waals surface area contributed by atoms with Crippen molar-refractivity contribution >= 4 is 5.97 Å². The maximum atomic E-state index is 12.5. The van der Waals surface area contributed by atoms with Crippen molar-refractivity contribution in [3.8, 4) is 22.6 Å². The molecule has 1 heterocycles. The van der Waals surface area contributed by atoms with Gasteiger partial charge in [0.15, 0.2) is 5.69 Å². The number of imidazole rings is 1. The first-order valence-electron chi connectivity index (χ1n) is 8.42. The van der Waals surface area contributed by atoms with Crippen LogP contribution < -0.4 is 0 Å². The Balaban J connectivity index is 2.21. The van der Waals surface area contributed by atoms with Gasteiger partial charge in [-0.1, -0.05) is 48.0 Å².